The molecule has 218 valence electrons. The highest BCUT2D eigenvalue weighted by atomic mass is 35.5. The van der Waals surface area contributed by atoms with Gasteiger partial charge in [0.15, 0.2) is 11.5 Å². The molecule has 1 unspecified atom stereocenters. The standard InChI is InChI=1S/C32H33ClN4O5/c1-21(18-38)35-16-26-12-28(33)31(14-30(26)41-19-23-15-36-37(17-23)9-8-34)42-20-25-4-3-5-27(22(25)2)24-6-7-29-32(13-24)40-11-10-39-29/h3-7,12-15,17,21,35,38H,9-11,16,18-20H2,1-2H3. The van der Waals surface area contributed by atoms with Gasteiger partial charge < -0.3 is 29.4 Å². The van der Waals surface area contributed by atoms with E-state index < -0.39 is 0 Å². The van der Waals surface area contributed by atoms with E-state index in [0.29, 0.717) is 42.9 Å². The zero-order valence-electron chi connectivity index (χ0n) is 23.6. The molecule has 1 aliphatic heterocycles. The van der Waals surface area contributed by atoms with Crippen LogP contribution in [0.25, 0.3) is 11.1 Å². The van der Waals surface area contributed by atoms with Crippen LogP contribution in [0, 0.1) is 18.3 Å². The maximum atomic E-state index is 9.44. The van der Waals surface area contributed by atoms with Crippen molar-refractivity contribution in [1.82, 2.24) is 15.1 Å². The van der Waals surface area contributed by atoms with Crippen molar-refractivity contribution < 1.29 is 24.1 Å². The van der Waals surface area contributed by atoms with Crippen molar-refractivity contribution in [2.75, 3.05) is 19.8 Å². The lowest BCUT2D eigenvalue weighted by Gasteiger charge is -2.20. The molecule has 0 radical (unpaired) electrons. The Hall–Kier alpha value is -4.23. The van der Waals surface area contributed by atoms with Crippen LogP contribution < -0.4 is 24.3 Å². The lowest BCUT2D eigenvalue weighted by Crippen LogP contribution is -2.28. The van der Waals surface area contributed by atoms with Gasteiger partial charge in [0, 0.05) is 36.0 Å². The predicted molar refractivity (Wildman–Crippen MR) is 159 cm³/mol. The van der Waals surface area contributed by atoms with E-state index >= 15 is 0 Å². The summed E-state index contributed by atoms with van der Waals surface area (Å²) in [5, 5.41) is 26.3. The number of fused-ring (bicyclic) bond motifs is 1. The van der Waals surface area contributed by atoms with Crippen LogP contribution in [0.3, 0.4) is 0 Å². The number of aromatic nitrogens is 2. The van der Waals surface area contributed by atoms with E-state index in [1.165, 1.54) is 0 Å². The molecule has 0 saturated heterocycles. The molecule has 42 heavy (non-hydrogen) atoms. The number of nitrogens with one attached hydrogen (secondary N) is 1. The van der Waals surface area contributed by atoms with Gasteiger partial charge in [0.25, 0.3) is 0 Å². The van der Waals surface area contributed by atoms with E-state index in [-0.39, 0.29) is 25.8 Å². The number of aliphatic hydroxyl groups is 1. The van der Waals surface area contributed by atoms with Crippen molar-refractivity contribution in [3.05, 3.63) is 88.2 Å². The highest BCUT2D eigenvalue weighted by Gasteiger charge is 2.16. The Balaban J connectivity index is 1.35. The van der Waals surface area contributed by atoms with Crippen LogP contribution in [0.5, 0.6) is 23.0 Å². The number of ether oxygens (including phenoxy) is 4. The molecule has 0 fully saturated rings. The average Bonchev–Trinajstić information content (AvgIpc) is 3.46. The number of hydrogen-bond acceptors (Lipinski definition) is 8. The summed E-state index contributed by atoms with van der Waals surface area (Å²) in [4.78, 5) is 0. The van der Waals surface area contributed by atoms with Crippen molar-refractivity contribution in [3.8, 4) is 40.2 Å². The number of hydrogen-bond donors (Lipinski definition) is 2. The number of halogens is 1. The molecule has 1 aliphatic rings. The van der Waals surface area contributed by atoms with E-state index in [0.717, 1.165) is 44.9 Å². The van der Waals surface area contributed by atoms with Crippen molar-refractivity contribution in [2.24, 2.45) is 0 Å². The first kappa shape index (κ1) is 29.3. The number of nitriles is 1. The molecule has 2 N–H and O–H groups in total. The summed E-state index contributed by atoms with van der Waals surface area (Å²) in [7, 11) is 0. The van der Waals surface area contributed by atoms with E-state index in [9.17, 15) is 5.11 Å². The SMILES string of the molecule is Cc1c(COc2cc(OCc3cnn(CC#N)c3)c(CNC(C)CO)cc2Cl)cccc1-c1ccc2c(c1)OCCO2. The third-order valence-electron chi connectivity index (χ3n) is 7.03. The molecule has 5 rings (SSSR count). The fraction of sp³-hybridized carbons (Fsp3) is 0.312. The number of nitrogens with zero attached hydrogens (tertiary/aromatic N) is 3. The topological polar surface area (TPSA) is 111 Å². The fourth-order valence-electron chi connectivity index (χ4n) is 4.63. The average molecular weight is 589 g/mol. The number of benzene rings is 3. The second-order valence-corrected chi connectivity index (χ2v) is 10.5. The van der Waals surface area contributed by atoms with Crippen LogP contribution >= 0.6 is 11.6 Å². The summed E-state index contributed by atoms with van der Waals surface area (Å²) in [6, 6.07) is 17.7. The molecule has 0 amide bonds. The largest absolute Gasteiger partial charge is 0.488 e. The minimum atomic E-state index is -0.0961. The number of aliphatic hydroxyl groups excluding tert-OH is 1. The highest BCUT2D eigenvalue weighted by molar-refractivity contribution is 6.32. The first-order valence-corrected chi connectivity index (χ1v) is 14.1. The van der Waals surface area contributed by atoms with Gasteiger partial charge >= 0.3 is 0 Å². The van der Waals surface area contributed by atoms with Crippen molar-refractivity contribution in [2.45, 2.75) is 46.2 Å². The minimum absolute atomic E-state index is 0.00781. The summed E-state index contributed by atoms with van der Waals surface area (Å²) in [5.74, 6) is 2.60. The molecule has 10 heteroatoms. The van der Waals surface area contributed by atoms with Crippen LogP contribution in [0.1, 0.15) is 29.2 Å². The van der Waals surface area contributed by atoms with Gasteiger partial charge in [-0.3, -0.25) is 4.68 Å². The molecule has 1 atom stereocenters. The summed E-state index contributed by atoms with van der Waals surface area (Å²) in [6.07, 6.45) is 3.45. The molecule has 0 aliphatic carbocycles. The van der Waals surface area contributed by atoms with E-state index in [4.69, 9.17) is 35.8 Å². The molecular formula is C32H33ClN4O5. The van der Waals surface area contributed by atoms with Gasteiger partial charge in [0.1, 0.15) is 44.5 Å². The summed E-state index contributed by atoms with van der Waals surface area (Å²) in [6.45, 7) is 6.25. The van der Waals surface area contributed by atoms with Gasteiger partial charge in [0.2, 0.25) is 0 Å². The van der Waals surface area contributed by atoms with Crippen LogP contribution in [0.4, 0.5) is 0 Å². The first-order valence-electron chi connectivity index (χ1n) is 13.7. The summed E-state index contributed by atoms with van der Waals surface area (Å²) >= 11 is 6.68. The lowest BCUT2D eigenvalue weighted by atomic mass is 9.96. The van der Waals surface area contributed by atoms with Gasteiger partial charge in [-0.1, -0.05) is 35.9 Å². The molecule has 4 aromatic rings. The predicted octanol–water partition coefficient (Wildman–Crippen LogP) is 5.44. The maximum absolute atomic E-state index is 9.44. The van der Waals surface area contributed by atoms with Crippen LogP contribution in [-0.4, -0.2) is 40.7 Å². The fourth-order valence-corrected chi connectivity index (χ4v) is 4.87. The zero-order valence-corrected chi connectivity index (χ0v) is 24.4. The Morgan fingerprint density at radius 1 is 1.07 bits per heavy atom. The maximum Gasteiger partial charge on any atom is 0.161 e. The van der Waals surface area contributed by atoms with Gasteiger partial charge in [0.05, 0.1) is 23.9 Å². The zero-order chi connectivity index (χ0) is 29.5. The van der Waals surface area contributed by atoms with Gasteiger partial charge in [-0.2, -0.15) is 10.4 Å². The van der Waals surface area contributed by atoms with E-state index in [1.807, 2.05) is 43.3 Å². The van der Waals surface area contributed by atoms with Crippen LogP contribution in [0.2, 0.25) is 5.02 Å². The van der Waals surface area contributed by atoms with Gasteiger partial charge in [-0.15, -0.1) is 0 Å². The van der Waals surface area contributed by atoms with Crippen LogP contribution in [-0.2, 0) is 26.3 Å². The Morgan fingerprint density at radius 2 is 1.88 bits per heavy atom. The second-order valence-electron chi connectivity index (χ2n) is 10.1. The van der Waals surface area contributed by atoms with Gasteiger partial charge in [-0.05, 0) is 54.3 Å². The van der Waals surface area contributed by atoms with Crippen molar-refractivity contribution in [3.63, 3.8) is 0 Å². The summed E-state index contributed by atoms with van der Waals surface area (Å²) < 4.78 is 25.4. The van der Waals surface area contributed by atoms with Crippen LogP contribution in [0.15, 0.2) is 60.9 Å². The van der Waals surface area contributed by atoms with E-state index in [1.54, 1.807) is 23.1 Å². The molecule has 0 spiro atoms. The number of rotatable bonds is 12. The van der Waals surface area contributed by atoms with Crippen molar-refractivity contribution in [1.29, 1.82) is 5.26 Å². The second kappa shape index (κ2) is 13.6. The Labute approximate surface area is 250 Å². The quantitative estimate of drug-likeness (QED) is 0.225. The Kier molecular flexibility index (Phi) is 9.49. The van der Waals surface area contributed by atoms with Crippen molar-refractivity contribution >= 4 is 11.6 Å². The Morgan fingerprint density at radius 3 is 2.69 bits per heavy atom. The molecule has 9 nitrogen and oxygen atoms in total. The molecule has 2 heterocycles. The molecule has 0 saturated carbocycles. The minimum Gasteiger partial charge on any atom is -0.488 e. The van der Waals surface area contributed by atoms with E-state index in [2.05, 4.69) is 29.5 Å². The van der Waals surface area contributed by atoms with Gasteiger partial charge in [-0.25, -0.2) is 0 Å². The molecular weight excluding hydrogens is 556 g/mol. The highest BCUT2D eigenvalue weighted by Crippen LogP contribution is 2.37. The first-order chi connectivity index (χ1) is 20.4. The third kappa shape index (κ3) is 6.97. The smallest absolute Gasteiger partial charge is 0.161 e. The molecule has 1 aromatic heterocycles. The molecule has 3 aromatic carbocycles. The Bertz CT molecular complexity index is 1580. The third-order valence-corrected chi connectivity index (χ3v) is 7.32. The normalized spacial score (nSPS) is 12.9. The molecule has 0 bridgehead atoms. The lowest BCUT2D eigenvalue weighted by molar-refractivity contribution is 0.171. The summed E-state index contributed by atoms with van der Waals surface area (Å²) in [5.41, 5.74) is 5.90. The monoisotopic (exact) mass is 588 g/mol.